The van der Waals surface area contributed by atoms with Gasteiger partial charge >= 0.3 is 18.4 Å². The highest BCUT2D eigenvalue weighted by atomic mass is 19.4. The summed E-state index contributed by atoms with van der Waals surface area (Å²) in [5, 5.41) is 21.7. The fourth-order valence-corrected chi connectivity index (χ4v) is 2.41. The maximum atomic E-state index is 13.2. The van der Waals surface area contributed by atoms with Gasteiger partial charge < -0.3 is 25.2 Å². The first-order valence-corrected chi connectivity index (χ1v) is 8.32. The largest absolute Gasteiger partial charge is 0.417 e. The maximum absolute atomic E-state index is 13.2. The molecule has 0 atom stereocenters. The van der Waals surface area contributed by atoms with Crippen LogP contribution in [0.1, 0.15) is 22.8 Å². The van der Waals surface area contributed by atoms with Crippen molar-refractivity contribution < 1.29 is 40.4 Å². The number of hydrogen-bond donors (Lipinski definition) is 3. The Labute approximate surface area is 175 Å². The molecule has 0 unspecified atom stereocenters. The third-order valence-corrected chi connectivity index (χ3v) is 3.61. The molecule has 0 aliphatic carbocycles. The third-order valence-electron chi connectivity index (χ3n) is 3.61. The number of amidine groups is 1. The Balaban J connectivity index is 2.25. The molecule has 0 saturated carbocycles. The fraction of sp³-hybridized carbons (Fsp3) is 0.312. The van der Waals surface area contributed by atoms with Crippen molar-refractivity contribution >= 4 is 17.8 Å². The summed E-state index contributed by atoms with van der Waals surface area (Å²) in [6.07, 6.45) is -11.0. The average Bonchev–Trinajstić information content (AvgIpc) is 3.10. The van der Waals surface area contributed by atoms with Gasteiger partial charge in [-0.3, -0.25) is 5.41 Å². The van der Waals surface area contributed by atoms with Crippen LogP contribution < -0.4 is 16.0 Å². The molecule has 16 heteroatoms. The maximum Gasteiger partial charge on any atom is 0.417 e. The van der Waals surface area contributed by atoms with Crippen molar-refractivity contribution in [2.45, 2.75) is 25.4 Å². The number of nitrogens with one attached hydrogen (secondary N) is 2. The zero-order valence-electron chi connectivity index (χ0n) is 15.7. The molecule has 0 bridgehead atoms. The number of amides is 1. The number of nitrogens with two attached hydrogens (primary N) is 1. The summed E-state index contributed by atoms with van der Waals surface area (Å²) in [6, 6.07) is 2.71. The molecular weight excluding hydrogens is 452 g/mol. The highest BCUT2D eigenvalue weighted by molar-refractivity contribution is 5.83. The minimum absolute atomic E-state index is 0.222. The number of rotatable bonds is 6. The van der Waals surface area contributed by atoms with Crippen molar-refractivity contribution in [3.05, 3.63) is 41.0 Å². The molecule has 0 spiro atoms. The number of carbonyl (C=O) groups excluding carboxylic acids is 1. The number of aromatic nitrogens is 2. The SMILES string of the molecule is N#Cc1ccc(N(Cc2noc(CNC(=N)OC(N)=O)n2)CC(F)(F)F)cc1C(F)(F)F. The highest BCUT2D eigenvalue weighted by Gasteiger charge is 2.36. The van der Waals surface area contributed by atoms with Gasteiger partial charge in [0, 0.05) is 5.69 Å². The van der Waals surface area contributed by atoms with E-state index in [-0.39, 0.29) is 18.3 Å². The number of primary amides is 1. The Hall–Kier alpha value is -4.03. The lowest BCUT2D eigenvalue weighted by molar-refractivity contribution is -0.137. The van der Waals surface area contributed by atoms with Crippen molar-refractivity contribution in [1.82, 2.24) is 15.5 Å². The van der Waals surface area contributed by atoms with Gasteiger partial charge in [-0.15, -0.1) is 0 Å². The standard InChI is InChI=1S/C16H13F6N7O3/c17-15(18,19)7-29(9-2-1-8(4-23)10(3-9)16(20,21)22)6-11-27-12(32-28-11)5-26-13(24)31-14(25)30/h1-3H,5-7H2,(H2,24,26)(H2,25,30). The summed E-state index contributed by atoms with van der Waals surface area (Å²) in [5.41, 5.74) is 2.09. The lowest BCUT2D eigenvalue weighted by Gasteiger charge is -2.25. The molecule has 1 aromatic heterocycles. The Bertz CT molecular complexity index is 1030. The molecule has 2 aromatic rings. The molecule has 0 fully saturated rings. The van der Waals surface area contributed by atoms with Gasteiger partial charge in [0.15, 0.2) is 5.82 Å². The summed E-state index contributed by atoms with van der Waals surface area (Å²) in [5.74, 6) is -0.535. The van der Waals surface area contributed by atoms with Crippen LogP contribution in [-0.2, 0) is 24.0 Å². The van der Waals surface area contributed by atoms with Gasteiger partial charge in [0.2, 0.25) is 5.89 Å². The van der Waals surface area contributed by atoms with E-state index in [1.165, 1.54) is 6.07 Å². The second-order valence-electron chi connectivity index (χ2n) is 6.02. The van der Waals surface area contributed by atoms with Gasteiger partial charge in [0.05, 0.1) is 30.3 Å². The smallest absolute Gasteiger partial charge is 0.376 e. The topological polar surface area (TPSA) is 154 Å². The van der Waals surface area contributed by atoms with Gasteiger partial charge in [0.1, 0.15) is 6.54 Å². The van der Waals surface area contributed by atoms with Gasteiger partial charge in [-0.2, -0.15) is 36.6 Å². The van der Waals surface area contributed by atoms with E-state index in [9.17, 15) is 31.1 Å². The van der Waals surface area contributed by atoms with Crippen LogP contribution in [0.25, 0.3) is 0 Å². The molecule has 0 aliphatic rings. The van der Waals surface area contributed by atoms with Crippen LogP contribution >= 0.6 is 0 Å². The van der Waals surface area contributed by atoms with Gasteiger partial charge in [-0.25, -0.2) is 4.79 Å². The van der Waals surface area contributed by atoms with Crippen LogP contribution in [0.5, 0.6) is 0 Å². The Kier molecular flexibility index (Phi) is 7.13. The number of hydrogen-bond acceptors (Lipinski definition) is 8. The zero-order chi connectivity index (χ0) is 24.1. The third kappa shape index (κ3) is 7.04. The number of nitrogens with zero attached hydrogens (tertiary/aromatic N) is 4. The molecule has 2 rings (SSSR count). The first kappa shape index (κ1) is 24.2. The van der Waals surface area contributed by atoms with Crippen LogP contribution in [-0.4, -0.2) is 35.0 Å². The Morgan fingerprint density at radius 1 is 1.31 bits per heavy atom. The first-order chi connectivity index (χ1) is 14.8. The monoisotopic (exact) mass is 465 g/mol. The van der Waals surface area contributed by atoms with Gasteiger partial charge in [-0.1, -0.05) is 5.16 Å². The van der Waals surface area contributed by atoms with E-state index in [0.717, 1.165) is 12.1 Å². The lowest BCUT2D eigenvalue weighted by atomic mass is 10.1. The number of carbonyl (C=O) groups is 1. The van der Waals surface area contributed by atoms with E-state index >= 15 is 0 Å². The van der Waals surface area contributed by atoms with E-state index in [0.29, 0.717) is 11.0 Å². The summed E-state index contributed by atoms with van der Waals surface area (Å²) < 4.78 is 87.6. The molecule has 1 aromatic carbocycles. The zero-order valence-corrected chi connectivity index (χ0v) is 15.7. The lowest BCUT2D eigenvalue weighted by Crippen LogP contribution is -2.34. The Morgan fingerprint density at radius 3 is 2.56 bits per heavy atom. The van der Waals surface area contributed by atoms with Crippen LogP contribution in [0.3, 0.4) is 0 Å². The van der Waals surface area contributed by atoms with Crippen LogP contribution in [0.4, 0.5) is 36.8 Å². The molecule has 1 amide bonds. The van der Waals surface area contributed by atoms with E-state index in [2.05, 4.69) is 20.2 Å². The van der Waals surface area contributed by atoms with Gasteiger partial charge in [0.25, 0.3) is 6.02 Å². The molecule has 0 saturated heterocycles. The number of ether oxygens (including phenoxy) is 1. The quantitative estimate of drug-likeness (QED) is 0.334. The van der Waals surface area contributed by atoms with E-state index in [1.54, 1.807) is 0 Å². The van der Waals surface area contributed by atoms with Crippen molar-refractivity contribution in [2.75, 3.05) is 11.4 Å². The number of nitriles is 1. The molecule has 0 aliphatic heterocycles. The first-order valence-electron chi connectivity index (χ1n) is 8.32. The summed E-state index contributed by atoms with van der Waals surface area (Å²) in [7, 11) is 0. The molecule has 10 nitrogen and oxygen atoms in total. The van der Waals surface area contributed by atoms with Crippen LogP contribution in [0.2, 0.25) is 0 Å². The summed E-state index contributed by atoms with van der Waals surface area (Å²) in [4.78, 5) is 14.8. The van der Waals surface area contributed by atoms with Gasteiger partial charge in [-0.05, 0) is 18.2 Å². The number of halogens is 6. The van der Waals surface area contributed by atoms with E-state index < -0.39 is 54.4 Å². The minimum atomic E-state index is -4.96. The highest BCUT2D eigenvalue weighted by Crippen LogP contribution is 2.35. The van der Waals surface area contributed by atoms with Crippen molar-refractivity contribution in [3.8, 4) is 6.07 Å². The van der Waals surface area contributed by atoms with Crippen LogP contribution in [0, 0.1) is 16.7 Å². The number of anilines is 1. The Morgan fingerprint density at radius 2 is 2.00 bits per heavy atom. The number of benzene rings is 1. The van der Waals surface area contributed by atoms with Crippen molar-refractivity contribution in [3.63, 3.8) is 0 Å². The summed E-state index contributed by atoms with van der Waals surface area (Å²) in [6.45, 7) is -2.69. The molecule has 32 heavy (non-hydrogen) atoms. The normalized spacial score (nSPS) is 11.5. The van der Waals surface area contributed by atoms with E-state index in [4.69, 9.17) is 20.9 Å². The van der Waals surface area contributed by atoms with Crippen molar-refractivity contribution in [1.29, 1.82) is 10.7 Å². The predicted octanol–water partition coefficient (Wildman–Crippen LogP) is 2.65. The van der Waals surface area contributed by atoms with E-state index in [1.807, 2.05) is 0 Å². The molecule has 172 valence electrons. The molecular formula is C16H13F6N7O3. The van der Waals surface area contributed by atoms with Crippen molar-refractivity contribution in [2.24, 2.45) is 5.73 Å². The van der Waals surface area contributed by atoms with Crippen LogP contribution in [0.15, 0.2) is 22.7 Å². The summed E-state index contributed by atoms with van der Waals surface area (Å²) >= 11 is 0. The second-order valence-corrected chi connectivity index (χ2v) is 6.02. The predicted molar refractivity (Wildman–Crippen MR) is 92.8 cm³/mol. The molecule has 1 heterocycles. The molecule has 4 N–H and O–H groups in total. The second kappa shape index (κ2) is 9.41. The average molecular weight is 465 g/mol. The molecule has 0 radical (unpaired) electrons. The minimum Gasteiger partial charge on any atom is -0.376 e. The number of alkyl halides is 6. The fourth-order valence-electron chi connectivity index (χ4n) is 2.41.